The van der Waals surface area contributed by atoms with Gasteiger partial charge in [0, 0.05) is 36.0 Å². The molecule has 0 bridgehead atoms. The molecule has 7 heteroatoms. The van der Waals surface area contributed by atoms with E-state index in [9.17, 15) is 4.21 Å². The Morgan fingerprint density at radius 2 is 1.92 bits per heavy atom. The number of nitrogens with zero attached hydrogens (tertiary/aromatic N) is 1. The van der Waals surface area contributed by atoms with E-state index in [0.29, 0.717) is 36.4 Å². The fourth-order valence-corrected chi connectivity index (χ4v) is 3.27. The third-order valence-corrected chi connectivity index (χ3v) is 4.91. The fraction of sp³-hybridized carbons (Fsp3) is 0.316. The molecular weight excluding hydrogens is 350 g/mol. The van der Waals surface area contributed by atoms with Crippen molar-refractivity contribution in [1.82, 2.24) is 5.32 Å². The average molecular weight is 375 g/mol. The van der Waals surface area contributed by atoms with E-state index in [1.54, 1.807) is 14.2 Å². The van der Waals surface area contributed by atoms with Crippen LogP contribution in [-0.4, -0.2) is 43.2 Å². The van der Waals surface area contributed by atoms with E-state index in [4.69, 9.17) is 9.47 Å². The van der Waals surface area contributed by atoms with Gasteiger partial charge in [-0.15, -0.1) is 0 Å². The highest BCUT2D eigenvalue weighted by atomic mass is 32.2. The lowest BCUT2D eigenvalue weighted by Crippen LogP contribution is -2.33. The fourth-order valence-electron chi connectivity index (χ4n) is 2.29. The van der Waals surface area contributed by atoms with Crippen LogP contribution in [0.4, 0.5) is 5.69 Å². The minimum absolute atomic E-state index is 0.497. The Labute approximate surface area is 157 Å². The summed E-state index contributed by atoms with van der Waals surface area (Å²) in [7, 11) is 2.25. The molecule has 6 nitrogen and oxygen atoms in total. The first-order chi connectivity index (χ1) is 12.7. The van der Waals surface area contributed by atoms with Crippen molar-refractivity contribution in [2.24, 2.45) is 4.99 Å². The van der Waals surface area contributed by atoms with Crippen LogP contribution < -0.4 is 20.1 Å². The van der Waals surface area contributed by atoms with E-state index in [0.717, 1.165) is 10.6 Å². The lowest BCUT2D eigenvalue weighted by Gasteiger charge is -2.14. The Morgan fingerprint density at radius 3 is 2.58 bits per heavy atom. The second-order valence-corrected chi connectivity index (χ2v) is 6.86. The van der Waals surface area contributed by atoms with Crippen molar-refractivity contribution in [2.45, 2.75) is 11.8 Å². The largest absolute Gasteiger partial charge is 0.493 e. The van der Waals surface area contributed by atoms with Gasteiger partial charge in [-0.1, -0.05) is 18.2 Å². The van der Waals surface area contributed by atoms with Crippen LogP contribution in [-0.2, 0) is 10.8 Å². The number of benzene rings is 2. The van der Waals surface area contributed by atoms with Crippen molar-refractivity contribution in [3.63, 3.8) is 0 Å². The topological polar surface area (TPSA) is 72.0 Å². The van der Waals surface area contributed by atoms with Crippen molar-refractivity contribution in [3.8, 4) is 11.5 Å². The number of rotatable bonds is 8. The minimum Gasteiger partial charge on any atom is -0.493 e. The Hall–Kier alpha value is -2.54. The molecule has 1 unspecified atom stereocenters. The zero-order chi connectivity index (χ0) is 18.8. The molecule has 0 saturated carbocycles. The zero-order valence-electron chi connectivity index (χ0n) is 15.3. The third kappa shape index (κ3) is 5.77. The molecule has 0 heterocycles. The molecule has 0 aliphatic carbocycles. The maximum Gasteiger partial charge on any atom is 0.195 e. The van der Waals surface area contributed by atoms with E-state index in [1.807, 2.05) is 55.5 Å². The highest BCUT2D eigenvalue weighted by Crippen LogP contribution is 2.30. The predicted octanol–water partition coefficient (Wildman–Crippen LogP) is 2.89. The van der Waals surface area contributed by atoms with Gasteiger partial charge in [0.05, 0.1) is 24.5 Å². The van der Waals surface area contributed by atoms with Gasteiger partial charge in [-0.25, -0.2) is 0 Å². The van der Waals surface area contributed by atoms with Gasteiger partial charge in [0.15, 0.2) is 17.5 Å². The maximum atomic E-state index is 12.2. The van der Waals surface area contributed by atoms with E-state index >= 15 is 0 Å². The number of hydrogen-bond donors (Lipinski definition) is 2. The van der Waals surface area contributed by atoms with Gasteiger partial charge in [0.2, 0.25) is 0 Å². The summed E-state index contributed by atoms with van der Waals surface area (Å²) < 4.78 is 23.1. The second-order valence-electron chi connectivity index (χ2n) is 5.29. The number of methoxy groups -OCH3 is 1. The van der Waals surface area contributed by atoms with Crippen molar-refractivity contribution in [2.75, 3.05) is 38.4 Å². The Kier molecular flexibility index (Phi) is 7.95. The molecule has 2 rings (SSSR count). The van der Waals surface area contributed by atoms with Gasteiger partial charge in [-0.3, -0.25) is 9.20 Å². The van der Waals surface area contributed by atoms with Crippen LogP contribution in [0, 0.1) is 0 Å². The highest BCUT2D eigenvalue weighted by molar-refractivity contribution is 7.85. The molecule has 0 saturated heterocycles. The van der Waals surface area contributed by atoms with Crippen LogP contribution in [0.2, 0.25) is 0 Å². The van der Waals surface area contributed by atoms with Gasteiger partial charge in [0.25, 0.3) is 0 Å². The van der Waals surface area contributed by atoms with Crippen LogP contribution >= 0.6 is 0 Å². The second kappa shape index (κ2) is 10.5. The van der Waals surface area contributed by atoms with Crippen LogP contribution in [0.15, 0.2) is 58.4 Å². The monoisotopic (exact) mass is 375 g/mol. The lowest BCUT2D eigenvalue weighted by molar-refractivity contribution is 0.311. The van der Waals surface area contributed by atoms with Gasteiger partial charge < -0.3 is 20.1 Å². The summed E-state index contributed by atoms with van der Waals surface area (Å²) in [5, 5.41) is 6.36. The number of nitrogens with one attached hydrogen (secondary N) is 2. The predicted molar refractivity (Wildman–Crippen MR) is 107 cm³/mol. The molecule has 0 spiro atoms. The summed E-state index contributed by atoms with van der Waals surface area (Å²) >= 11 is 0. The first kappa shape index (κ1) is 19.8. The number of ether oxygens (including phenoxy) is 2. The number of guanidine groups is 1. The quantitative estimate of drug-likeness (QED) is 0.548. The van der Waals surface area contributed by atoms with E-state index in [1.165, 1.54) is 0 Å². The first-order valence-corrected chi connectivity index (χ1v) is 9.71. The summed E-state index contributed by atoms with van der Waals surface area (Å²) in [5.41, 5.74) is 0.822. The Bertz CT molecular complexity index is 751. The van der Waals surface area contributed by atoms with E-state index < -0.39 is 10.8 Å². The molecule has 2 aromatic carbocycles. The van der Waals surface area contributed by atoms with Crippen molar-refractivity contribution < 1.29 is 13.7 Å². The summed E-state index contributed by atoms with van der Waals surface area (Å²) in [6, 6.07) is 15.0. The van der Waals surface area contributed by atoms with Crippen LogP contribution in [0.5, 0.6) is 11.5 Å². The molecule has 0 aliphatic rings. The van der Waals surface area contributed by atoms with E-state index in [2.05, 4.69) is 15.6 Å². The summed E-state index contributed by atoms with van der Waals surface area (Å²) in [4.78, 5) is 5.02. The van der Waals surface area contributed by atoms with Crippen LogP contribution in [0.3, 0.4) is 0 Å². The minimum atomic E-state index is -1.04. The van der Waals surface area contributed by atoms with Crippen LogP contribution in [0.1, 0.15) is 6.92 Å². The molecule has 0 aromatic heterocycles. The highest BCUT2D eigenvalue weighted by Gasteiger charge is 2.08. The smallest absolute Gasteiger partial charge is 0.195 e. The van der Waals surface area contributed by atoms with Gasteiger partial charge in [0.1, 0.15) is 0 Å². The first-order valence-electron chi connectivity index (χ1n) is 8.39. The number of aliphatic imine (C=N–C) groups is 1. The molecule has 2 N–H and O–H groups in total. The summed E-state index contributed by atoms with van der Waals surface area (Å²) in [5.74, 6) is 2.44. The number of hydrogen-bond acceptors (Lipinski definition) is 4. The summed E-state index contributed by atoms with van der Waals surface area (Å²) in [6.45, 7) is 3.04. The maximum absolute atomic E-state index is 12.2. The standard InChI is InChI=1S/C19H25N3O3S/c1-4-25-17-11-10-15(14-18(17)24-3)22-19(20-2)21-12-13-26(23)16-8-6-5-7-9-16/h5-11,14H,4,12-13H2,1-3H3,(H2,20,21,22). The third-order valence-electron chi connectivity index (χ3n) is 3.54. The van der Waals surface area contributed by atoms with E-state index in [-0.39, 0.29) is 0 Å². The van der Waals surface area contributed by atoms with Gasteiger partial charge in [-0.2, -0.15) is 0 Å². The van der Waals surface area contributed by atoms with Gasteiger partial charge in [-0.05, 0) is 31.2 Å². The Balaban J connectivity index is 1.90. The molecule has 26 heavy (non-hydrogen) atoms. The van der Waals surface area contributed by atoms with Gasteiger partial charge >= 0.3 is 0 Å². The SMILES string of the molecule is CCOc1ccc(NC(=NC)NCCS(=O)c2ccccc2)cc1OC. The molecule has 2 aromatic rings. The molecule has 0 fully saturated rings. The molecule has 1 atom stereocenters. The molecule has 140 valence electrons. The van der Waals surface area contributed by atoms with Crippen molar-refractivity contribution in [1.29, 1.82) is 0 Å². The number of anilines is 1. The molecule has 0 amide bonds. The molecular formula is C19H25N3O3S. The average Bonchev–Trinajstić information content (AvgIpc) is 2.68. The van der Waals surface area contributed by atoms with Crippen molar-refractivity contribution in [3.05, 3.63) is 48.5 Å². The zero-order valence-corrected chi connectivity index (χ0v) is 16.1. The summed E-state index contributed by atoms with van der Waals surface area (Å²) in [6.07, 6.45) is 0. The molecule has 0 radical (unpaired) electrons. The Morgan fingerprint density at radius 1 is 1.15 bits per heavy atom. The van der Waals surface area contributed by atoms with Crippen molar-refractivity contribution >= 4 is 22.4 Å². The lowest BCUT2D eigenvalue weighted by atomic mass is 10.2. The van der Waals surface area contributed by atoms with Crippen LogP contribution in [0.25, 0.3) is 0 Å². The molecule has 0 aliphatic heterocycles. The normalized spacial score (nSPS) is 12.3.